The molecule has 0 aliphatic heterocycles. The summed E-state index contributed by atoms with van der Waals surface area (Å²) in [6, 6.07) is 14.5. The normalized spacial score (nSPS) is 10.7. The van der Waals surface area contributed by atoms with E-state index in [-0.39, 0.29) is 0 Å². The third-order valence-corrected chi connectivity index (χ3v) is 5.51. The van der Waals surface area contributed by atoms with Gasteiger partial charge in [0, 0.05) is 20.2 Å². The molecule has 121 valence electrons. The lowest BCUT2D eigenvalue weighted by molar-refractivity contribution is 0.0634. The van der Waals surface area contributed by atoms with Crippen molar-refractivity contribution >= 4 is 62.5 Å². The minimum atomic E-state index is -0.564. The Labute approximate surface area is 151 Å². The fourth-order valence-corrected chi connectivity index (χ4v) is 4.21. The maximum absolute atomic E-state index is 12.2. The van der Waals surface area contributed by atoms with E-state index in [9.17, 15) is 9.59 Å². The van der Waals surface area contributed by atoms with Crippen LogP contribution in [0.3, 0.4) is 0 Å². The van der Waals surface area contributed by atoms with Crippen LogP contribution in [0.1, 0.15) is 20.7 Å². The summed E-state index contributed by atoms with van der Waals surface area (Å²) < 4.78 is 12.0. The van der Waals surface area contributed by atoms with E-state index >= 15 is 0 Å². The SMILES string of the molecule is O=C(O[B]OC(=O)c1cccc2sccc12)c1cccc2sccc12. The first kappa shape index (κ1) is 15.9. The summed E-state index contributed by atoms with van der Waals surface area (Å²) >= 11 is 3.09. The van der Waals surface area contributed by atoms with Gasteiger partial charge in [-0.2, -0.15) is 0 Å². The molecule has 2 heterocycles. The predicted molar refractivity (Wildman–Crippen MR) is 100 cm³/mol. The molecule has 0 aliphatic rings. The van der Waals surface area contributed by atoms with Crippen LogP contribution in [-0.2, 0) is 9.31 Å². The molecule has 25 heavy (non-hydrogen) atoms. The molecule has 0 saturated heterocycles. The van der Waals surface area contributed by atoms with Gasteiger partial charge >= 0.3 is 19.6 Å². The van der Waals surface area contributed by atoms with Gasteiger partial charge in [-0.25, -0.2) is 9.59 Å². The Bertz CT molecular complexity index is 997. The van der Waals surface area contributed by atoms with Gasteiger partial charge in [0.05, 0.1) is 11.1 Å². The summed E-state index contributed by atoms with van der Waals surface area (Å²) in [4.78, 5) is 24.4. The lowest BCUT2D eigenvalue weighted by Gasteiger charge is -2.06. The van der Waals surface area contributed by atoms with Crippen LogP contribution in [0.25, 0.3) is 20.2 Å². The van der Waals surface area contributed by atoms with E-state index in [4.69, 9.17) is 9.31 Å². The van der Waals surface area contributed by atoms with E-state index in [1.807, 2.05) is 35.0 Å². The summed E-state index contributed by atoms with van der Waals surface area (Å²) in [5, 5.41) is 5.46. The molecule has 0 amide bonds. The number of thiophene rings is 2. The highest BCUT2D eigenvalue weighted by atomic mass is 32.1. The number of hydrogen-bond donors (Lipinski definition) is 0. The Balaban J connectivity index is 1.44. The largest absolute Gasteiger partial charge is 0.662 e. The maximum Gasteiger partial charge on any atom is 0.662 e. The van der Waals surface area contributed by atoms with Crippen LogP contribution < -0.4 is 0 Å². The Kier molecular flexibility index (Phi) is 4.25. The van der Waals surface area contributed by atoms with Crippen LogP contribution in [0.5, 0.6) is 0 Å². The van der Waals surface area contributed by atoms with Crippen molar-refractivity contribution < 1.29 is 18.9 Å². The standard InChI is InChI=1S/C18H10BO4S2/c20-17(13-3-1-5-15-11(13)7-9-24-15)22-19-23-18(21)14-4-2-6-16-12(14)8-10-25-16/h1-10H. The van der Waals surface area contributed by atoms with Crippen molar-refractivity contribution in [3.05, 3.63) is 70.4 Å². The van der Waals surface area contributed by atoms with E-state index in [2.05, 4.69) is 0 Å². The number of rotatable bonds is 4. The van der Waals surface area contributed by atoms with Crippen molar-refractivity contribution in [2.24, 2.45) is 0 Å². The molecule has 0 fully saturated rings. The first-order valence-electron chi connectivity index (χ1n) is 7.40. The van der Waals surface area contributed by atoms with Gasteiger partial charge in [-0.05, 0) is 47.2 Å². The van der Waals surface area contributed by atoms with Crippen molar-refractivity contribution in [3.8, 4) is 0 Å². The summed E-state index contributed by atoms with van der Waals surface area (Å²) in [7, 11) is 0.793. The molecule has 0 atom stereocenters. The van der Waals surface area contributed by atoms with Gasteiger partial charge in [0.2, 0.25) is 0 Å². The zero-order valence-electron chi connectivity index (χ0n) is 12.8. The fraction of sp³-hybridized carbons (Fsp3) is 0. The minimum Gasteiger partial charge on any atom is -0.496 e. The van der Waals surface area contributed by atoms with Crippen LogP contribution in [0.2, 0.25) is 0 Å². The molecule has 4 nitrogen and oxygen atoms in total. The van der Waals surface area contributed by atoms with Crippen molar-refractivity contribution in [1.29, 1.82) is 0 Å². The van der Waals surface area contributed by atoms with E-state index in [0.717, 1.165) is 27.9 Å². The van der Waals surface area contributed by atoms with Crippen LogP contribution in [0.4, 0.5) is 0 Å². The van der Waals surface area contributed by atoms with Gasteiger partial charge in [-0.1, -0.05) is 12.1 Å². The second kappa shape index (κ2) is 6.70. The maximum atomic E-state index is 12.2. The highest BCUT2D eigenvalue weighted by Crippen LogP contribution is 2.25. The Morgan fingerprint density at radius 1 is 0.720 bits per heavy atom. The average molecular weight is 365 g/mol. The minimum absolute atomic E-state index is 0.436. The molecule has 2 aromatic heterocycles. The first-order chi connectivity index (χ1) is 12.2. The van der Waals surface area contributed by atoms with Crippen molar-refractivity contribution in [3.63, 3.8) is 0 Å². The molecule has 4 rings (SSSR count). The lowest BCUT2D eigenvalue weighted by Crippen LogP contribution is -2.16. The zero-order valence-corrected chi connectivity index (χ0v) is 14.4. The topological polar surface area (TPSA) is 52.6 Å². The van der Waals surface area contributed by atoms with Gasteiger partial charge < -0.3 is 9.31 Å². The van der Waals surface area contributed by atoms with Crippen LogP contribution >= 0.6 is 22.7 Å². The molecular formula is C18H10BO4S2. The fourth-order valence-electron chi connectivity index (χ4n) is 2.58. The smallest absolute Gasteiger partial charge is 0.496 e. The molecule has 4 aromatic rings. The molecule has 0 spiro atoms. The number of carbonyl (C=O) groups is 2. The number of fused-ring (bicyclic) bond motifs is 2. The number of hydrogen-bond acceptors (Lipinski definition) is 6. The van der Waals surface area contributed by atoms with E-state index in [1.165, 1.54) is 0 Å². The second-order valence-electron chi connectivity index (χ2n) is 5.18. The molecule has 0 bridgehead atoms. The molecule has 0 aliphatic carbocycles. The highest BCUT2D eigenvalue weighted by molar-refractivity contribution is 7.17. The molecular weight excluding hydrogens is 355 g/mol. The summed E-state index contributed by atoms with van der Waals surface area (Å²) in [5.74, 6) is -1.13. The molecule has 7 heteroatoms. The van der Waals surface area contributed by atoms with Gasteiger partial charge in [-0.3, -0.25) is 0 Å². The van der Waals surface area contributed by atoms with Crippen LogP contribution in [0.15, 0.2) is 59.3 Å². The second-order valence-corrected chi connectivity index (χ2v) is 7.08. The predicted octanol–water partition coefficient (Wildman–Crippen LogP) is 4.66. The molecule has 0 N–H and O–H groups in total. The van der Waals surface area contributed by atoms with Gasteiger partial charge in [0.15, 0.2) is 0 Å². The summed E-state index contributed by atoms with van der Waals surface area (Å²) in [5.41, 5.74) is 0.872. The molecule has 0 saturated carbocycles. The Hall–Kier alpha value is -2.64. The summed E-state index contributed by atoms with van der Waals surface area (Å²) in [6.45, 7) is 0. The van der Waals surface area contributed by atoms with Crippen molar-refractivity contribution in [2.45, 2.75) is 0 Å². The van der Waals surface area contributed by atoms with E-state index in [1.54, 1.807) is 46.9 Å². The first-order valence-corrected chi connectivity index (χ1v) is 9.16. The highest BCUT2D eigenvalue weighted by Gasteiger charge is 2.17. The number of carbonyl (C=O) groups excluding carboxylic acids is 2. The molecule has 1 radical (unpaired) electrons. The molecule has 2 aromatic carbocycles. The number of benzene rings is 2. The average Bonchev–Trinajstić information content (AvgIpc) is 3.29. The van der Waals surface area contributed by atoms with Crippen molar-refractivity contribution in [2.75, 3.05) is 0 Å². The van der Waals surface area contributed by atoms with Crippen molar-refractivity contribution in [1.82, 2.24) is 0 Å². The lowest BCUT2D eigenvalue weighted by atomic mass is 10.1. The van der Waals surface area contributed by atoms with Crippen LogP contribution in [-0.4, -0.2) is 19.6 Å². The third-order valence-electron chi connectivity index (χ3n) is 3.74. The van der Waals surface area contributed by atoms with Gasteiger partial charge in [0.25, 0.3) is 0 Å². The zero-order chi connectivity index (χ0) is 17.2. The van der Waals surface area contributed by atoms with E-state index in [0.29, 0.717) is 11.1 Å². The monoisotopic (exact) mass is 365 g/mol. The van der Waals surface area contributed by atoms with Gasteiger partial charge in [-0.15, -0.1) is 22.7 Å². The quantitative estimate of drug-likeness (QED) is 0.494. The molecule has 0 unspecified atom stereocenters. The Morgan fingerprint density at radius 2 is 1.20 bits per heavy atom. The Morgan fingerprint density at radius 3 is 1.68 bits per heavy atom. The van der Waals surface area contributed by atoms with Crippen LogP contribution in [0, 0.1) is 0 Å². The third kappa shape index (κ3) is 3.04. The van der Waals surface area contributed by atoms with Gasteiger partial charge in [0.1, 0.15) is 0 Å². The summed E-state index contributed by atoms with van der Waals surface area (Å²) in [6.07, 6.45) is 0. The van der Waals surface area contributed by atoms with E-state index < -0.39 is 11.9 Å².